The number of primary amides is 1. The lowest BCUT2D eigenvalue weighted by Crippen LogP contribution is -2.27. The molecule has 0 fully saturated rings. The first-order valence-electron chi connectivity index (χ1n) is 6.65. The molecule has 22 heavy (non-hydrogen) atoms. The number of rotatable bonds is 5. The van der Waals surface area contributed by atoms with Crippen LogP contribution in [0, 0.1) is 0 Å². The zero-order valence-corrected chi connectivity index (χ0v) is 12.7. The maximum absolute atomic E-state index is 11.7. The predicted octanol–water partition coefficient (Wildman–Crippen LogP) is 2.94. The second kappa shape index (κ2) is 6.95. The van der Waals surface area contributed by atoms with E-state index in [1.54, 1.807) is 18.2 Å². The first-order valence-corrected chi connectivity index (χ1v) is 7.03. The molecule has 0 saturated carbocycles. The number of hydrogen-bond acceptors (Lipinski definition) is 3. The number of hydrogen-bond donors (Lipinski definition) is 3. The van der Waals surface area contributed by atoms with E-state index in [1.807, 2.05) is 30.3 Å². The molecule has 6 heteroatoms. The van der Waals surface area contributed by atoms with E-state index in [1.165, 1.54) is 6.92 Å². The number of anilines is 2. The Morgan fingerprint density at radius 1 is 1.14 bits per heavy atom. The Labute approximate surface area is 133 Å². The van der Waals surface area contributed by atoms with Gasteiger partial charge in [0.25, 0.3) is 0 Å². The standard InChI is InChI=1S/C16H16ClN3O2/c1-10(21)19-14-8-7-12(9-13(14)17)20-15(16(18)22)11-5-3-2-4-6-11/h2-9,15,20H,1H3,(H2,18,22)(H,19,21)/t15-/m0/s1. The number of nitrogens with two attached hydrogens (primary N) is 1. The van der Waals surface area contributed by atoms with Crippen LogP contribution in [0.3, 0.4) is 0 Å². The number of nitrogens with one attached hydrogen (secondary N) is 2. The van der Waals surface area contributed by atoms with Gasteiger partial charge in [0.1, 0.15) is 6.04 Å². The summed E-state index contributed by atoms with van der Waals surface area (Å²) in [6.45, 7) is 1.40. The number of benzene rings is 2. The van der Waals surface area contributed by atoms with E-state index in [-0.39, 0.29) is 5.91 Å². The zero-order valence-electron chi connectivity index (χ0n) is 12.0. The molecule has 0 unspecified atom stereocenters. The molecular formula is C16H16ClN3O2. The predicted molar refractivity (Wildman–Crippen MR) is 87.8 cm³/mol. The molecule has 0 saturated heterocycles. The molecule has 5 nitrogen and oxygen atoms in total. The third-order valence-electron chi connectivity index (χ3n) is 3.01. The van der Waals surface area contributed by atoms with Crippen molar-refractivity contribution in [1.29, 1.82) is 0 Å². The molecule has 114 valence electrons. The third kappa shape index (κ3) is 3.99. The SMILES string of the molecule is CC(=O)Nc1ccc(N[C@H](C(N)=O)c2ccccc2)cc1Cl. The van der Waals surface area contributed by atoms with Crippen LogP contribution >= 0.6 is 11.6 Å². The molecule has 4 N–H and O–H groups in total. The summed E-state index contributed by atoms with van der Waals surface area (Å²) in [6.07, 6.45) is 0. The summed E-state index contributed by atoms with van der Waals surface area (Å²) in [5.41, 5.74) is 7.36. The Morgan fingerprint density at radius 3 is 2.36 bits per heavy atom. The molecule has 2 aromatic carbocycles. The maximum Gasteiger partial charge on any atom is 0.244 e. The van der Waals surface area contributed by atoms with E-state index >= 15 is 0 Å². The van der Waals surface area contributed by atoms with E-state index in [4.69, 9.17) is 17.3 Å². The minimum atomic E-state index is -0.663. The number of carbonyl (C=O) groups excluding carboxylic acids is 2. The summed E-state index contributed by atoms with van der Waals surface area (Å²) in [7, 11) is 0. The second-order valence-electron chi connectivity index (χ2n) is 4.77. The van der Waals surface area contributed by atoms with Gasteiger partial charge in [0.2, 0.25) is 11.8 Å². The highest BCUT2D eigenvalue weighted by molar-refractivity contribution is 6.34. The van der Waals surface area contributed by atoms with Crippen molar-refractivity contribution in [2.45, 2.75) is 13.0 Å². The summed E-state index contributed by atoms with van der Waals surface area (Å²) >= 11 is 6.11. The normalized spacial score (nSPS) is 11.5. The van der Waals surface area contributed by atoms with Crippen molar-refractivity contribution in [3.8, 4) is 0 Å². The lowest BCUT2D eigenvalue weighted by Gasteiger charge is -2.18. The van der Waals surface area contributed by atoms with Crippen molar-refractivity contribution in [3.63, 3.8) is 0 Å². The molecule has 0 bridgehead atoms. The largest absolute Gasteiger partial charge is 0.370 e. The Kier molecular flexibility index (Phi) is 5.01. The minimum absolute atomic E-state index is 0.207. The average Bonchev–Trinajstić information content (AvgIpc) is 2.47. The van der Waals surface area contributed by atoms with Crippen LogP contribution < -0.4 is 16.4 Å². The van der Waals surface area contributed by atoms with Gasteiger partial charge in [-0.1, -0.05) is 41.9 Å². The number of amides is 2. The molecule has 1 atom stereocenters. The van der Waals surface area contributed by atoms with E-state index in [0.717, 1.165) is 5.56 Å². The monoisotopic (exact) mass is 317 g/mol. The van der Waals surface area contributed by atoms with Crippen LogP contribution in [0.4, 0.5) is 11.4 Å². The van der Waals surface area contributed by atoms with E-state index < -0.39 is 11.9 Å². The highest BCUT2D eigenvalue weighted by Crippen LogP contribution is 2.27. The fourth-order valence-electron chi connectivity index (χ4n) is 2.03. The van der Waals surface area contributed by atoms with Gasteiger partial charge in [-0.3, -0.25) is 9.59 Å². The lowest BCUT2D eigenvalue weighted by atomic mass is 10.1. The Hall–Kier alpha value is -2.53. The lowest BCUT2D eigenvalue weighted by molar-refractivity contribution is -0.119. The maximum atomic E-state index is 11.7. The van der Waals surface area contributed by atoms with Crippen LogP contribution in [0.25, 0.3) is 0 Å². The smallest absolute Gasteiger partial charge is 0.244 e. The molecule has 0 aliphatic rings. The van der Waals surface area contributed by atoms with Gasteiger partial charge >= 0.3 is 0 Å². The van der Waals surface area contributed by atoms with Gasteiger partial charge in [-0.05, 0) is 23.8 Å². The topological polar surface area (TPSA) is 84.2 Å². The first kappa shape index (κ1) is 15.9. The fourth-order valence-corrected chi connectivity index (χ4v) is 2.25. The molecule has 0 spiro atoms. The Balaban J connectivity index is 2.22. The number of halogens is 1. The third-order valence-corrected chi connectivity index (χ3v) is 3.32. The quantitative estimate of drug-likeness (QED) is 0.792. The molecule has 0 aliphatic heterocycles. The Bertz CT molecular complexity index is 689. The van der Waals surface area contributed by atoms with Gasteiger partial charge < -0.3 is 16.4 Å². The van der Waals surface area contributed by atoms with Gasteiger partial charge in [-0.2, -0.15) is 0 Å². The van der Waals surface area contributed by atoms with Crippen molar-refractivity contribution >= 4 is 34.8 Å². The molecule has 2 aromatic rings. The minimum Gasteiger partial charge on any atom is -0.370 e. The van der Waals surface area contributed by atoms with Crippen molar-refractivity contribution in [2.75, 3.05) is 10.6 Å². The average molecular weight is 318 g/mol. The van der Waals surface area contributed by atoms with Crippen molar-refractivity contribution in [2.24, 2.45) is 5.73 Å². The summed E-state index contributed by atoms with van der Waals surface area (Å²) in [6, 6.07) is 13.5. The summed E-state index contributed by atoms with van der Waals surface area (Å²) in [4.78, 5) is 22.7. The second-order valence-corrected chi connectivity index (χ2v) is 5.17. The molecule has 0 radical (unpaired) electrons. The molecule has 0 heterocycles. The van der Waals surface area contributed by atoms with E-state index in [9.17, 15) is 9.59 Å². The summed E-state index contributed by atoms with van der Waals surface area (Å²) < 4.78 is 0. The van der Waals surface area contributed by atoms with Crippen molar-refractivity contribution < 1.29 is 9.59 Å². The molecule has 2 amide bonds. The van der Waals surface area contributed by atoms with E-state index in [0.29, 0.717) is 16.4 Å². The number of carbonyl (C=O) groups is 2. The molecule has 0 aromatic heterocycles. The van der Waals surface area contributed by atoms with Crippen LogP contribution in [0.15, 0.2) is 48.5 Å². The highest BCUT2D eigenvalue weighted by Gasteiger charge is 2.17. The van der Waals surface area contributed by atoms with Crippen molar-refractivity contribution in [1.82, 2.24) is 0 Å². The Morgan fingerprint density at radius 2 is 1.82 bits per heavy atom. The summed E-state index contributed by atoms with van der Waals surface area (Å²) in [5.74, 6) is -0.699. The van der Waals surface area contributed by atoms with Crippen LogP contribution in [0.2, 0.25) is 5.02 Å². The highest BCUT2D eigenvalue weighted by atomic mass is 35.5. The van der Waals surface area contributed by atoms with Gasteiger partial charge in [-0.15, -0.1) is 0 Å². The van der Waals surface area contributed by atoms with Gasteiger partial charge in [0, 0.05) is 12.6 Å². The fraction of sp³-hybridized carbons (Fsp3) is 0.125. The van der Waals surface area contributed by atoms with Crippen LogP contribution in [0.1, 0.15) is 18.5 Å². The molecule has 0 aliphatic carbocycles. The van der Waals surface area contributed by atoms with Gasteiger partial charge in [-0.25, -0.2) is 0 Å². The van der Waals surface area contributed by atoms with E-state index in [2.05, 4.69) is 10.6 Å². The van der Waals surface area contributed by atoms with Crippen LogP contribution in [0.5, 0.6) is 0 Å². The summed E-state index contributed by atoms with van der Waals surface area (Å²) in [5, 5.41) is 6.03. The van der Waals surface area contributed by atoms with Crippen LogP contribution in [-0.2, 0) is 9.59 Å². The molecular weight excluding hydrogens is 302 g/mol. The van der Waals surface area contributed by atoms with Gasteiger partial charge in [0.15, 0.2) is 0 Å². The van der Waals surface area contributed by atoms with Crippen molar-refractivity contribution in [3.05, 3.63) is 59.1 Å². The first-order chi connectivity index (χ1) is 10.5. The zero-order chi connectivity index (χ0) is 16.1. The molecule has 2 rings (SSSR count). The van der Waals surface area contributed by atoms with Gasteiger partial charge in [0.05, 0.1) is 10.7 Å². The van der Waals surface area contributed by atoms with Crippen LogP contribution in [-0.4, -0.2) is 11.8 Å².